The number of amidine groups is 1. The molecule has 0 saturated carbocycles. The molecule has 0 aliphatic carbocycles. The second-order valence-electron chi connectivity index (χ2n) is 8.17. The van der Waals surface area contributed by atoms with Crippen LogP contribution >= 0.6 is 22.9 Å². The Morgan fingerprint density at radius 2 is 1.79 bits per heavy atom. The highest BCUT2D eigenvalue weighted by Crippen LogP contribution is 2.27. The number of ether oxygens (including phenoxy) is 1. The van der Waals surface area contributed by atoms with Crippen molar-refractivity contribution in [3.05, 3.63) is 81.0 Å². The molecule has 1 saturated heterocycles. The Morgan fingerprint density at radius 1 is 1.09 bits per heavy atom. The molecule has 174 valence electrons. The number of nitrogens with one attached hydrogen (secondary N) is 1. The number of hydrogen-bond donors (Lipinski definition) is 1. The highest BCUT2D eigenvalue weighted by molar-refractivity contribution is 7.18. The number of benzene rings is 2. The largest absolute Gasteiger partial charge is 0.442 e. The minimum absolute atomic E-state index is 0.229. The predicted molar refractivity (Wildman–Crippen MR) is 136 cm³/mol. The van der Waals surface area contributed by atoms with Gasteiger partial charge in [-0.1, -0.05) is 41.4 Å². The summed E-state index contributed by atoms with van der Waals surface area (Å²) in [7, 11) is 0. The predicted octanol–water partition coefficient (Wildman–Crippen LogP) is 4.73. The molecule has 9 heteroatoms. The van der Waals surface area contributed by atoms with E-state index in [1.807, 2.05) is 24.3 Å². The summed E-state index contributed by atoms with van der Waals surface area (Å²) in [5.41, 5.74) is 4.07. The normalized spacial score (nSPS) is 17.6. The van der Waals surface area contributed by atoms with E-state index >= 15 is 0 Å². The number of anilines is 2. The lowest BCUT2D eigenvalue weighted by Crippen LogP contribution is -2.34. The van der Waals surface area contributed by atoms with Crippen LogP contribution in [0, 0.1) is 6.92 Å². The van der Waals surface area contributed by atoms with Crippen LogP contribution in [0.3, 0.4) is 0 Å². The number of aliphatic imine (C=N–C) groups is 1. The first-order chi connectivity index (χ1) is 16.5. The Morgan fingerprint density at radius 3 is 2.47 bits per heavy atom. The van der Waals surface area contributed by atoms with Crippen molar-refractivity contribution >= 4 is 52.1 Å². The zero-order valence-corrected chi connectivity index (χ0v) is 20.1. The van der Waals surface area contributed by atoms with Gasteiger partial charge in [0, 0.05) is 23.5 Å². The van der Waals surface area contributed by atoms with E-state index in [9.17, 15) is 9.59 Å². The lowest BCUT2D eigenvalue weighted by molar-refractivity contribution is 0.0920. The lowest BCUT2D eigenvalue weighted by atomic mass is 10.1. The molecule has 2 aliphatic heterocycles. The zero-order valence-electron chi connectivity index (χ0n) is 18.5. The van der Waals surface area contributed by atoms with E-state index < -0.39 is 12.2 Å². The monoisotopic (exact) mass is 494 g/mol. The van der Waals surface area contributed by atoms with Crippen molar-refractivity contribution in [2.75, 3.05) is 36.0 Å². The van der Waals surface area contributed by atoms with Crippen molar-refractivity contribution < 1.29 is 14.3 Å². The van der Waals surface area contributed by atoms with Gasteiger partial charge in [-0.15, -0.1) is 11.3 Å². The molecule has 2 aliphatic rings. The molecule has 2 amide bonds. The van der Waals surface area contributed by atoms with Crippen molar-refractivity contribution in [3.8, 4) is 0 Å². The first-order valence-corrected chi connectivity index (χ1v) is 12.2. The van der Waals surface area contributed by atoms with Crippen LogP contribution in [-0.4, -0.2) is 50.1 Å². The quantitative estimate of drug-likeness (QED) is 0.537. The van der Waals surface area contributed by atoms with Crippen molar-refractivity contribution in [2.24, 2.45) is 4.99 Å². The summed E-state index contributed by atoms with van der Waals surface area (Å²) in [5.74, 6) is 0.726. The maximum atomic E-state index is 12.5. The number of halogens is 1. The van der Waals surface area contributed by atoms with Gasteiger partial charge >= 0.3 is 6.09 Å². The number of cyclic esters (lactones) is 1. The number of carbonyl (C=O) groups is 2. The number of aryl methyl sites for hydroxylation is 1. The van der Waals surface area contributed by atoms with Crippen LogP contribution in [0.4, 0.5) is 16.2 Å². The van der Waals surface area contributed by atoms with E-state index in [1.165, 1.54) is 16.9 Å². The lowest BCUT2D eigenvalue weighted by Gasteiger charge is -2.22. The maximum Gasteiger partial charge on any atom is 0.414 e. The van der Waals surface area contributed by atoms with Crippen LogP contribution in [-0.2, 0) is 4.74 Å². The molecule has 34 heavy (non-hydrogen) atoms. The van der Waals surface area contributed by atoms with Gasteiger partial charge in [0.05, 0.1) is 28.8 Å². The van der Waals surface area contributed by atoms with E-state index in [1.54, 1.807) is 17.0 Å². The fourth-order valence-corrected chi connectivity index (χ4v) is 4.99. The van der Waals surface area contributed by atoms with Gasteiger partial charge in [-0.05, 0) is 43.3 Å². The number of hydrogen-bond acceptors (Lipinski definition) is 6. The summed E-state index contributed by atoms with van der Waals surface area (Å²) >= 11 is 7.10. The number of thiophene rings is 1. The van der Waals surface area contributed by atoms with Crippen molar-refractivity contribution in [2.45, 2.75) is 13.0 Å². The molecule has 3 heterocycles. The standard InChI is InChI=1S/C25H23ClN4O3S/c1-16-2-4-17(5-3-16)23-27-12-13-29(23)18-6-8-19(9-7-18)30-15-20(33-25(30)32)14-28-24(31)21-10-11-22(26)34-21/h2-11,20H,12-15H2,1H3,(H,28,31)/t20-/m0/s1. The molecule has 1 atom stereocenters. The number of nitrogens with zero attached hydrogens (tertiary/aromatic N) is 3. The molecule has 1 fully saturated rings. The summed E-state index contributed by atoms with van der Waals surface area (Å²) in [6, 6.07) is 19.5. The zero-order chi connectivity index (χ0) is 23.7. The first-order valence-electron chi connectivity index (χ1n) is 11.0. The van der Waals surface area contributed by atoms with Crippen LogP contribution in [0.1, 0.15) is 20.8 Å². The van der Waals surface area contributed by atoms with Gasteiger partial charge in [-0.25, -0.2) is 4.79 Å². The van der Waals surface area contributed by atoms with Gasteiger partial charge in [-0.2, -0.15) is 0 Å². The second-order valence-corrected chi connectivity index (χ2v) is 9.88. The van der Waals surface area contributed by atoms with Gasteiger partial charge in [0.15, 0.2) is 0 Å². The second kappa shape index (κ2) is 9.48. The van der Waals surface area contributed by atoms with Gasteiger partial charge in [-0.3, -0.25) is 14.7 Å². The third kappa shape index (κ3) is 4.64. The van der Waals surface area contributed by atoms with E-state index in [0.29, 0.717) is 15.8 Å². The number of amides is 2. The molecule has 0 bridgehead atoms. The van der Waals surface area contributed by atoms with Crippen LogP contribution in [0.2, 0.25) is 4.34 Å². The summed E-state index contributed by atoms with van der Waals surface area (Å²) < 4.78 is 6.01. The minimum Gasteiger partial charge on any atom is -0.442 e. The van der Waals surface area contributed by atoms with Gasteiger partial charge in [0.1, 0.15) is 11.9 Å². The number of rotatable bonds is 6. The van der Waals surface area contributed by atoms with Gasteiger partial charge in [0.25, 0.3) is 5.91 Å². The Kier molecular flexibility index (Phi) is 6.26. The Hall–Kier alpha value is -3.36. The fraction of sp³-hybridized carbons (Fsp3) is 0.240. The third-order valence-electron chi connectivity index (χ3n) is 5.79. The molecule has 0 unspecified atom stereocenters. The van der Waals surface area contributed by atoms with Crippen LogP contribution in [0.25, 0.3) is 0 Å². The van der Waals surface area contributed by atoms with Crippen LogP contribution < -0.4 is 15.1 Å². The smallest absolute Gasteiger partial charge is 0.414 e. The van der Waals surface area contributed by atoms with E-state index in [4.69, 9.17) is 21.3 Å². The summed E-state index contributed by atoms with van der Waals surface area (Å²) in [6.45, 7) is 4.22. The van der Waals surface area contributed by atoms with Crippen molar-refractivity contribution in [3.63, 3.8) is 0 Å². The molecule has 5 rings (SSSR count). The Balaban J connectivity index is 1.22. The molecule has 7 nitrogen and oxygen atoms in total. The van der Waals surface area contributed by atoms with Crippen LogP contribution in [0.15, 0.2) is 65.7 Å². The van der Waals surface area contributed by atoms with Gasteiger partial charge < -0.3 is 15.0 Å². The highest BCUT2D eigenvalue weighted by Gasteiger charge is 2.33. The highest BCUT2D eigenvalue weighted by atomic mass is 35.5. The minimum atomic E-state index is -0.426. The fourth-order valence-electron chi connectivity index (χ4n) is 4.03. The van der Waals surface area contributed by atoms with E-state index in [0.717, 1.165) is 35.9 Å². The molecular formula is C25H23ClN4O3S. The molecule has 0 radical (unpaired) electrons. The van der Waals surface area contributed by atoms with Crippen LogP contribution in [0.5, 0.6) is 0 Å². The summed E-state index contributed by atoms with van der Waals surface area (Å²) in [5, 5.41) is 2.81. The molecule has 1 N–H and O–H groups in total. The van der Waals surface area contributed by atoms with E-state index in [-0.39, 0.29) is 12.5 Å². The summed E-state index contributed by atoms with van der Waals surface area (Å²) in [6.07, 6.45) is -0.848. The molecule has 1 aromatic heterocycles. The average molecular weight is 495 g/mol. The van der Waals surface area contributed by atoms with E-state index in [2.05, 4.69) is 41.4 Å². The molecular weight excluding hydrogens is 472 g/mol. The topological polar surface area (TPSA) is 74.2 Å². The number of carbonyl (C=O) groups excluding carboxylic acids is 2. The van der Waals surface area contributed by atoms with Crippen molar-refractivity contribution in [1.82, 2.24) is 5.32 Å². The summed E-state index contributed by atoms with van der Waals surface area (Å²) in [4.78, 5) is 33.7. The Bertz CT molecular complexity index is 1240. The maximum absolute atomic E-state index is 12.5. The third-order valence-corrected chi connectivity index (χ3v) is 7.01. The molecule has 3 aromatic rings. The van der Waals surface area contributed by atoms with Crippen molar-refractivity contribution in [1.29, 1.82) is 0 Å². The average Bonchev–Trinajstić information content (AvgIpc) is 3.58. The SMILES string of the molecule is Cc1ccc(C2=NCCN2c2ccc(N3C[C@H](CNC(=O)c4ccc(Cl)s4)OC3=O)cc2)cc1. The molecule has 2 aromatic carbocycles. The Labute approximate surface area is 206 Å². The van der Waals surface area contributed by atoms with Gasteiger partial charge in [0.2, 0.25) is 0 Å². The molecule has 0 spiro atoms. The first kappa shape index (κ1) is 22.4.